The lowest BCUT2D eigenvalue weighted by Crippen LogP contribution is -2.42. The fourth-order valence-corrected chi connectivity index (χ4v) is 3.07. The molecule has 108 valence electrons. The minimum atomic E-state index is -0.335. The number of ether oxygens (including phenoxy) is 1. The second-order valence-electron chi connectivity index (χ2n) is 5.88. The van der Waals surface area contributed by atoms with Gasteiger partial charge in [0.2, 0.25) is 11.8 Å². The van der Waals surface area contributed by atoms with Crippen LogP contribution in [0, 0.1) is 11.3 Å². The monoisotopic (exact) mass is 276 g/mol. The zero-order chi connectivity index (χ0) is 14.2. The summed E-state index contributed by atoms with van der Waals surface area (Å²) in [5, 5.41) is 6.26. The Balaban J connectivity index is 1.91. The number of carbonyl (C=O) groups excluding carboxylic acids is 1. The first-order valence-corrected chi connectivity index (χ1v) is 7.09. The number of hydrogen-bond acceptors (Lipinski definition) is 5. The molecule has 0 unspecified atom stereocenters. The summed E-state index contributed by atoms with van der Waals surface area (Å²) in [6.07, 6.45) is 5.45. The predicted molar refractivity (Wildman–Crippen MR) is 75.8 cm³/mol. The van der Waals surface area contributed by atoms with E-state index in [1.54, 1.807) is 0 Å². The van der Waals surface area contributed by atoms with Gasteiger partial charge in [0.05, 0.1) is 12.5 Å². The molecule has 1 aromatic rings. The summed E-state index contributed by atoms with van der Waals surface area (Å²) in [6.45, 7) is 2.87. The molecule has 1 aromatic heterocycles. The topological polar surface area (TPSA) is 76.1 Å². The van der Waals surface area contributed by atoms with Gasteiger partial charge in [-0.15, -0.1) is 0 Å². The standard InChI is InChI=1S/C14H20N4O2/c1-9-3-5-14(6-4-9)7-15-11-10(18-13(14)19)12(20-2)17-8-16-11/h8-9H,3-7H2,1-2H3,(H,18,19)(H,15,16,17). The number of carbonyl (C=O) groups is 1. The van der Waals surface area contributed by atoms with Gasteiger partial charge in [-0.05, 0) is 31.6 Å². The van der Waals surface area contributed by atoms with Crippen LogP contribution in [0.4, 0.5) is 11.5 Å². The average molecular weight is 276 g/mol. The van der Waals surface area contributed by atoms with Crippen molar-refractivity contribution in [2.24, 2.45) is 11.3 Å². The van der Waals surface area contributed by atoms with Gasteiger partial charge < -0.3 is 15.4 Å². The lowest BCUT2D eigenvalue weighted by atomic mass is 9.70. The highest BCUT2D eigenvalue weighted by Crippen LogP contribution is 2.43. The number of aromatic nitrogens is 2. The second-order valence-corrected chi connectivity index (χ2v) is 5.88. The number of rotatable bonds is 1. The van der Waals surface area contributed by atoms with Crippen LogP contribution >= 0.6 is 0 Å². The van der Waals surface area contributed by atoms with Crippen molar-refractivity contribution in [1.29, 1.82) is 0 Å². The van der Waals surface area contributed by atoms with Crippen molar-refractivity contribution in [3.8, 4) is 5.88 Å². The van der Waals surface area contributed by atoms with Gasteiger partial charge in [0.1, 0.15) is 12.0 Å². The summed E-state index contributed by atoms with van der Waals surface area (Å²) in [4.78, 5) is 20.9. The molecular weight excluding hydrogens is 256 g/mol. The Morgan fingerprint density at radius 2 is 2.10 bits per heavy atom. The minimum absolute atomic E-state index is 0.0590. The van der Waals surface area contributed by atoms with Crippen molar-refractivity contribution in [3.05, 3.63) is 6.33 Å². The first kappa shape index (κ1) is 13.1. The van der Waals surface area contributed by atoms with Crippen LogP contribution in [0.5, 0.6) is 5.88 Å². The van der Waals surface area contributed by atoms with Crippen molar-refractivity contribution in [2.45, 2.75) is 32.6 Å². The SMILES string of the molecule is COc1ncnc2c1NC(=O)C1(CCC(C)CC1)CN2. The summed E-state index contributed by atoms with van der Waals surface area (Å²) in [7, 11) is 1.54. The van der Waals surface area contributed by atoms with E-state index >= 15 is 0 Å². The van der Waals surface area contributed by atoms with Crippen LogP contribution in [0.25, 0.3) is 0 Å². The van der Waals surface area contributed by atoms with E-state index in [0.717, 1.165) is 25.7 Å². The number of hydrogen-bond donors (Lipinski definition) is 2. The van der Waals surface area contributed by atoms with Crippen molar-refractivity contribution in [1.82, 2.24) is 9.97 Å². The molecule has 0 radical (unpaired) electrons. The molecule has 6 nitrogen and oxygen atoms in total. The third-order valence-corrected chi connectivity index (χ3v) is 4.55. The van der Waals surface area contributed by atoms with E-state index in [-0.39, 0.29) is 11.3 Å². The third kappa shape index (κ3) is 2.09. The molecule has 1 fully saturated rings. The maximum absolute atomic E-state index is 12.7. The van der Waals surface area contributed by atoms with Crippen LogP contribution < -0.4 is 15.4 Å². The third-order valence-electron chi connectivity index (χ3n) is 4.55. The first-order chi connectivity index (χ1) is 9.64. The predicted octanol–water partition coefficient (Wildman–Crippen LogP) is 2.05. The van der Waals surface area contributed by atoms with E-state index in [9.17, 15) is 4.79 Å². The molecule has 20 heavy (non-hydrogen) atoms. The highest BCUT2D eigenvalue weighted by Gasteiger charge is 2.43. The molecule has 1 amide bonds. The van der Waals surface area contributed by atoms with E-state index in [1.165, 1.54) is 13.4 Å². The Labute approximate surface area is 118 Å². The van der Waals surface area contributed by atoms with E-state index in [4.69, 9.17) is 4.74 Å². The van der Waals surface area contributed by atoms with Gasteiger partial charge >= 0.3 is 0 Å². The highest BCUT2D eigenvalue weighted by atomic mass is 16.5. The maximum Gasteiger partial charge on any atom is 0.242 e. The molecule has 0 atom stereocenters. The first-order valence-electron chi connectivity index (χ1n) is 7.09. The Hall–Kier alpha value is -1.85. The maximum atomic E-state index is 12.7. The summed E-state index contributed by atoms with van der Waals surface area (Å²) in [5.74, 6) is 1.80. The lowest BCUT2D eigenvalue weighted by molar-refractivity contribution is -0.126. The molecule has 6 heteroatoms. The van der Waals surface area contributed by atoms with Crippen LogP contribution in [0.1, 0.15) is 32.6 Å². The van der Waals surface area contributed by atoms with Crippen LogP contribution in [0.15, 0.2) is 6.33 Å². The number of amides is 1. The van der Waals surface area contributed by atoms with E-state index in [1.807, 2.05) is 0 Å². The molecule has 0 saturated heterocycles. The second kappa shape index (κ2) is 4.92. The smallest absolute Gasteiger partial charge is 0.242 e. The lowest BCUT2D eigenvalue weighted by Gasteiger charge is -2.36. The normalized spacial score (nSPS) is 29.1. The van der Waals surface area contributed by atoms with Crippen LogP contribution in [0.2, 0.25) is 0 Å². The van der Waals surface area contributed by atoms with Gasteiger partial charge in [0.25, 0.3) is 0 Å². The van der Waals surface area contributed by atoms with E-state index < -0.39 is 0 Å². The Bertz CT molecular complexity index is 524. The van der Waals surface area contributed by atoms with Gasteiger partial charge in [-0.1, -0.05) is 6.92 Å². The molecule has 3 rings (SSSR count). The summed E-state index contributed by atoms with van der Waals surface area (Å²) in [5.41, 5.74) is 0.216. The number of nitrogens with one attached hydrogen (secondary N) is 2. The highest BCUT2D eigenvalue weighted by molar-refractivity contribution is 6.00. The van der Waals surface area contributed by atoms with E-state index in [0.29, 0.717) is 29.8 Å². The molecule has 1 spiro atoms. The van der Waals surface area contributed by atoms with Gasteiger partial charge in [-0.3, -0.25) is 4.79 Å². The number of methoxy groups -OCH3 is 1. The largest absolute Gasteiger partial charge is 0.479 e. The molecule has 0 bridgehead atoms. The Morgan fingerprint density at radius 3 is 2.80 bits per heavy atom. The number of nitrogens with zero attached hydrogens (tertiary/aromatic N) is 2. The molecule has 2 N–H and O–H groups in total. The van der Waals surface area contributed by atoms with Crippen molar-refractivity contribution in [3.63, 3.8) is 0 Å². The van der Waals surface area contributed by atoms with Crippen LogP contribution in [-0.2, 0) is 4.79 Å². The van der Waals surface area contributed by atoms with Gasteiger partial charge in [-0.2, -0.15) is 4.98 Å². The molecule has 1 saturated carbocycles. The fourth-order valence-electron chi connectivity index (χ4n) is 3.07. The van der Waals surface area contributed by atoms with E-state index in [2.05, 4.69) is 27.5 Å². The molecule has 2 heterocycles. The zero-order valence-corrected chi connectivity index (χ0v) is 11.9. The van der Waals surface area contributed by atoms with Crippen molar-refractivity contribution >= 4 is 17.4 Å². The van der Waals surface area contributed by atoms with Crippen molar-refractivity contribution < 1.29 is 9.53 Å². The quantitative estimate of drug-likeness (QED) is 0.821. The average Bonchev–Trinajstić information content (AvgIpc) is 2.60. The summed E-state index contributed by atoms with van der Waals surface area (Å²) >= 11 is 0. The van der Waals surface area contributed by atoms with Gasteiger partial charge in [0, 0.05) is 6.54 Å². The van der Waals surface area contributed by atoms with Crippen LogP contribution in [-0.4, -0.2) is 29.5 Å². The van der Waals surface area contributed by atoms with Crippen LogP contribution in [0.3, 0.4) is 0 Å². The zero-order valence-electron chi connectivity index (χ0n) is 11.9. The number of fused-ring (bicyclic) bond motifs is 1. The summed E-state index contributed by atoms with van der Waals surface area (Å²) in [6, 6.07) is 0. The number of anilines is 2. The fraction of sp³-hybridized carbons (Fsp3) is 0.643. The molecule has 1 aliphatic heterocycles. The minimum Gasteiger partial charge on any atom is -0.479 e. The molecular formula is C14H20N4O2. The molecule has 0 aromatic carbocycles. The van der Waals surface area contributed by atoms with Gasteiger partial charge in [-0.25, -0.2) is 4.98 Å². The van der Waals surface area contributed by atoms with Gasteiger partial charge in [0.15, 0.2) is 5.82 Å². The Kier molecular flexibility index (Phi) is 3.23. The van der Waals surface area contributed by atoms with Crippen molar-refractivity contribution in [2.75, 3.05) is 24.3 Å². The molecule has 2 aliphatic rings. The molecule has 1 aliphatic carbocycles. The Morgan fingerprint density at radius 1 is 1.35 bits per heavy atom. The summed E-state index contributed by atoms with van der Waals surface area (Å²) < 4.78 is 5.20.